The Morgan fingerprint density at radius 1 is 1.12 bits per heavy atom. The number of hydrogen-bond acceptors (Lipinski definition) is 4. The van der Waals surface area contributed by atoms with Gasteiger partial charge in [0.15, 0.2) is 6.61 Å². The van der Waals surface area contributed by atoms with Gasteiger partial charge in [-0.1, -0.05) is 34.1 Å². The van der Waals surface area contributed by atoms with Crippen molar-refractivity contribution >= 4 is 27.8 Å². The van der Waals surface area contributed by atoms with E-state index in [-0.39, 0.29) is 12.5 Å². The number of carbonyl (C=O) groups is 2. The summed E-state index contributed by atoms with van der Waals surface area (Å²) in [4.78, 5) is 23.5. The average Bonchev–Trinajstić information content (AvgIpc) is 2.60. The van der Waals surface area contributed by atoms with Crippen LogP contribution in [0.4, 0.5) is 0 Å². The molecule has 0 radical (unpaired) electrons. The maximum absolute atomic E-state index is 11.8. The number of nitrogens with one attached hydrogen (secondary N) is 1. The molecule has 0 saturated carbocycles. The topological polar surface area (TPSA) is 64.6 Å². The molecular weight excluding hydrogens is 374 g/mol. The minimum atomic E-state index is -0.526. The molecule has 6 heteroatoms. The van der Waals surface area contributed by atoms with E-state index in [1.807, 2.05) is 30.3 Å². The number of ether oxygens (including phenoxy) is 2. The summed E-state index contributed by atoms with van der Waals surface area (Å²) in [5.41, 5.74) is 1.48. The van der Waals surface area contributed by atoms with Crippen molar-refractivity contribution in [3.8, 4) is 5.75 Å². The van der Waals surface area contributed by atoms with Gasteiger partial charge < -0.3 is 14.8 Å². The Kier molecular flexibility index (Phi) is 6.81. The molecule has 0 saturated heterocycles. The molecule has 24 heavy (non-hydrogen) atoms. The molecule has 0 atom stereocenters. The van der Waals surface area contributed by atoms with Crippen molar-refractivity contribution in [2.24, 2.45) is 0 Å². The van der Waals surface area contributed by atoms with Gasteiger partial charge in [0, 0.05) is 11.0 Å². The largest absolute Gasteiger partial charge is 0.497 e. The van der Waals surface area contributed by atoms with Gasteiger partial charge in [0.25, 0.3) is 5.91 Å². The van der Waals surface area contributed by atoms with Gasteiger partial charge >= 0.3 is 5.97 Å². The zero-order valence-corrected chi connectivity index (χ0v) is 14.8. The molecule has 0 aromatic heterocycles. The number of carbonyl (C=O) groups excluding carboxylic acids is 2. The second-order valence-electron chi connectivity index (χ2n) is 5.03. The van der Waals surface area contributed by atoms with Crippen LogP contribution in [0.15, 0.2) is 53.0 Å². The fourth-order valence-corrected chi connectivity index (χ4v) is 2.42. The van der Waals surface area contributed by atoms with Gasteiger partial charge in [-0.15, -0.1) is 0 Å². The van der Waals surface area contributed by atoms with Gasteiger partial charge in [0.2, 0.25) is 0 Å². The van der Waals surface area contributed by atoms with Gasteiger partial charge in [-0.25, -0.2) is 4.79 Å². The summed E-state index contributed by atoms with van der Waals surface area (Å²) in [6.45, 7) is 0.174. The van der Waals surface area contributed by atoms with Crippen molar-refractivity contribution in [2.45, 2.75) is 6.42 Å². The third-order valence-electron chi connectivity index (χ3n) is 3.29. The number of rotatable bonds is 7. The Bertz CT molecular complexity index is 700. The number of methoxy groups -OCH3 is 1. The van der Waals surface area contributed by atoms with E-state index in [1.54, 1.807) is 25.3 Å². The monoisotopic (exact) mass is 391 g/mol. The summed E-state index contributed by atoms with van der Waals surface area (Å²) in [7, 11) is 1.62. The van der Waals surface area contributed by atoms with Crippen LogP contribution in [0.5, 0.6) is 5.75 Å². The van der Waals surface area contributed by atoms with Crippen molar-refractivity contribution in [3.05, 3.63) is 64.1 Å². The molecule has 2 aromatic carbocycles. The van der Waals surface area contributed by atoms with E-state index in [1.165, 1.54) is 0 Å². The van der Waals surface area contributed by atoms with E-state index in [9.17, 15) is 9.59 Å². The Hall–Kier alpha value is -2.34. The summed E-state index contributed by atoms with van der Waals surface area (Å²) in [5.74, 6) is -0.0595. The first-order valence-electron chi connectivity index (χ1n) is 7.41. The van der Waals surface area contributed by atoms with E-state index < -0.39 is 5.97 Å². The Labute approximate surface area is 149 Å². The smallest absolute Gasteiger partial charge is 0.338 e. The highest BCUT2D eigenvalue weighted by Crippen LogP contribution is 2.12. The van der Waals surface area contributed by atoms with Crippen molar-refractivity contribution in [1.82, 2.24) is 5.32 Å². The third-order valence-corrected chi connectivity index (χ3v) is 3.78. The van der Waals surface area contributed by atoms with Gasteiger partial charge in [-0.3, -0.25) is 4.79 Å². The molecule has 2 aromatic rings. The summed E-state index contributed by atoms with van der Waals surface area (Å²) in [6.07, 6.45) is 0.690. The molecular formula is C18H18BrNO4. The van der Waals surface area contributed by atoms with Crippen LogP contribution in [0.1, 0.15) is 15.9 Å². The highest BCUT2D eigenvalue weighted by Gasteiger charge is 2.10. The number of esters is 1. The number of halogens is 1. The first-order valence-corrected chi connectivity index (χ1v) is 8.20. The van der Waals surface area contributed by atoms with E-state index in [4.69, 9.17) is 9.47 Å². The normalized spacial score (nSPS) is 10.1. The molecule has 0 aliphatic rings. The molecule has 2 rings (SSSR count). The molecule has 0 heterocycles. The SMILES string of the molecule is COc1ccc(CCNC(=O)COC(=O)c2cccc(Br)c2)cc1. The van der Waals surface area contributed by atoms with E-state index in [0.29, 0.717) is 18.5 Å². The summed E-state index contributed by atoms with van der Waals surface area (Å²) < 4.78 is 10.9. The minimum Gasteiger partial charge on any atom is -0.497 e. The highest BCUT2D eigenvalue weighted by atomic mass is 79.9. The number of benzene rings is 2. The predicted molar refractivity (Wildman–Crippen MR) is 94.1 cm³/mol. The van der Waals surface area contributed by atoms with Crippen LogP contribution in [0, 0.1) is 0 Å². The zero-order chi connectivity index (χ0) is 17.4. The number of hydrogen-bond donors (Lipinski definition) is 1. The molecule has 0 unspecified atom stereocenters. The number of amides is 1. The molecule has 0 fully saturated rings. The predicted octanol–water partition coefficient (Wildman–Crippen LogP) is 2.97. The van der Waals surface area contributed by atoms with E-state index in [2.05, 4.69) is 21.2 Å². The lowest BCUT2D eigenvalue weighted by Crippen LogP contribution is -2.30. The van der Waals surface area contributed by atoms with Gasteiger partial charge in [0.1, 0.15) is 5.75 Å². The molecule has 0 aliphatic heterocycles. The fraction of sp³-hybridized carbons (Fsp3) is 0.222. The Morgan fingerprint density at radius 3 is 2.54 bits per heavy atom. The standard InChI is InChI=1S/C18H18BrNO4/c1-23-16-7-5-13(6-8-16)9-10-20-17(21)12-24-18(22)14-3-2-4-15(19)11-14/h2-8,11H,9-10,12H2,1H3,(H,20,21). The van der Waals surface area contributed by atoms with Crippen LogP contribution in [-0.4, -0.2) is 32.1 Å². The molecule has 0 spiro atoms. The van der Waals surface area contributed by atoms with Crippen LogP contribution >= 0.6 is 15.9 Å². The van der Waals surface area contributed by atoms with E-state index >= 15 is 0 Å². The van der Waals surface area contributed by atoms with Gasteiger partial charge in [0.05, 0.1) is 12.7 Å². The van der Waals surface area contributed by atoms with E-state index in [0.717, 1.165) is 15.8 Å². The first kappa shape index (κ1) is 18.0. The molecule has 0 aliphatic carbocycles. The van der Waals surface area contributed by atoms with Crippen LogP contribution in [0.2, 0.25) is 0 Å². The van der Waals surface area contributed by atoms with Gasteiger partial charge in [-0.2, -0.15) is 0 Å². The van der Waals surface area contributed by atoms with Gasteiger partial charge in [-0.05, 0) is 42.3 Å². The van der Waals surface area contributed by atoms with Crippen molar-refractivity contribution in [1.29, 1.82) is 0 Å². The van der Waals surface area contributed by atoms with Crippen molar-refractivity contribution in [2.75, 3.05) is 20.3 Å². The molecule has 0 bridgehead atoms. The molecule has 126 valence electrons. The minimum absolute atomic E-state index is 0.298. The summed E-state index contributed by atoms with van der Waals surface area (Å²) >= 11 is 3.28. The molecule has 1 N–H and O–H groups in total. The zero-order valence-electron chi connectivity index (χ0n) is 13.3. The first-order chi connectivity index (χ1) is 11.6. The second kappa shape index (κ2) is 9.08. The Morgan fingerprint density at radius 2 is 1.88 bits per heavy atom. The van der Waals surface area contributed by atoms with Crippen LogP contribution in [0.3, 0.4) is 0 Å². The van der Waals surface area contributed by atoms with Crippen molar-refractivity contribution < 1.29 is 19.1 Å². The Balaban J connectivity index is 1.70. The molecule has 1 amide bonds. The second-order valence-corrected chi connectivity index (χ2v) is 5.95. The lowest BCUT2D eigenvalue weighted by Gasteiger charge is -2.07. The third kappa shape index (κ3) is 5.70. The lowest BCUT2D eigenvalue weighted by molar-refractivity contribution is -0.124. The van der Waals surface area contributed by atoms with Crippen molar-refractivity contribution in [3.63, 3.8) is 0 Å². The average molecular weight is 392 g/mol. The fourth-order valence-electron chi connectivity index (χ4n) is 2.02. The maximum atomic E-state index is 11.8. The maximum Gasteiger partial charge on any atom is 0.338 e. The van der Waals surface area contributed by atoms with Crippen LogP contribution in [0.25, 0.3) is 0 Å². The summed E-state index contributed by atoms with van der Waals surface area (Å²) in [5, 5.41) is 2.72. The quantitative estimate of drug-likeness (QED) is 0.736. The molecule has 5 nitrogen and oxygen atoms in total. The van der Waals surface area contributed by atoms with Crippen LogP contribution < -0.4 is 10.1 Å². The highest BCUT2D eigenvalue weighted by molar-refractivity contribution is 9.10. The van der Waals surface area contributed by atoms with Crippen LogP contribution in [-0.2, 0) is 16.0 Å². The lowest BCUT2D eigenvalue weighted by atomic mass is 10.1. The summed E-state index contributed by atoms with van der Waals surface area (Å²) in [6, 6.07) is 14.4.